The minimum Gasteiger partial charge on any atom is -0.469 e. The normalized spacial score (nSPS) is 10.9. The summed E-state index contributed by atoms with van der Waals surface area (Å²) >= 11 is 1.74. The standard InChI is InChI=1S/C12H20N2O2S/c1-9-10(2)17-11(13-9)8-14(3)7-5-6-12(15)16-4/h5-8H2,1-4H3. The zero-order chi connectivity index (χ0) is 12.8. The molecule has 1 rings (SSSR count). The van der Waals surface area contributed by atoms with Gasteiger partial charge in [-0.25, -0.2) is 4.98 Å². The Morgan fingerprint density at radius 2 is 2.18 bits per heavy atom. The van der Waals surface area contributed by atoms with Crippen LogP contribution in [0.25, 0.3) is 0 Å². The second kappa shape index (κ2) is 6.71. The number of carbonyl (C=O) groups is 1. The van der Waals surface area contributed by atoms with Gasteiger partial charge in [-0.3, -0.25) is 9.69 Å². The Balaban J connectivity index is 2.29. The van der Waals surface area contributed by atoms with Gasteiger partial charge in [0, 0.05) is 11.3 Å². The first-order valence-electron chi connectivity index (χ1n) is 5.71. The van der Waals surface area contributed by atoms with Crippen LogP contribution in [0.3, 0.4) is 0 Å². The fourth-order valence-corrected chi connectivity index (χ4v) is 2.53. The van der Waals surface area contributed by atoms with E-state index in [0.29, 0.717) is 6.42 Å². The van der Waals surface area contributed by atoms with Crippen molar-refractivity contribution in [2.75, 3.05) is 20.7 Å². The molecular formula is C12H20N2O2S. The van der Waals surface area contributed by atoms with Crippen LogP contribution in [-0.4, -0.2) is 36.6 Å². The Morgan fingerprint density at radius 1 is 1.47 bits per heavy atom. The molecule has 0 aliphatic rings. The lowest BCUT2D eigenvalue weighted by Crippen LogP contribution is -2.19. The van der Waals surface area contributed by atoms with E-state index in [1.807, 2.05) is 14.0 Å². The van der Waals surface area contributed by atoms with Crippen LogP contribution in [0, 0.1) is 13.8 Å². The molecule has 0 bridgehead atoms. The van der Waals surface area contributed by atoms with E-state index in [1.54, 1.807) is 11.3 Å². The molecule has 5 heteroatoms. The molecule has 0 aromatic carbocycles. The van der Waals surface area contributed by atoms with Gasteiger partial charge in [0.2, 0.25) is 0 Å². The highest BCUT2D eigenvalue weighted by Gasteiger charge is 2.07. The van der Waals surface area contributed by atoms with Crippen LogP contribution < -0.4 is 0 Å². The summed E-state index contributed by atoms with van der Waals surface area (Å²) in [6.07, 6.45) is 1.31. The quantitative estimate of drug-likeness (QED) is 0.731. The van der Waals surface area contributed by atoms with Gasteiger partial charge in [0.05, 0.1) is 19.3 Å². The zero-order valence-corrected chi connectivity index (χ0v) is 11.8. The van der Waals surface area contributed by atoms with Gasteiger partial charge in [-0.15, -0.1) is 11.3 Å². The van der Waals surface area contributed by atoms with Gasteiger partial charge >= 0.3 is 5.97 Å². The predicted octanol–water partition coefficient (Wildman–Crippen LogP) is 2.14. The molecule has 17 heavy (non-hydrogen) atoms. The Morgan fingerprint density at radius 3 is 2.71 bits per heavy atom. The van der Waals surface area contributed by atoms with E-state index in [9.17, 15) is 4.79 Å². The van der Waals surface area contributed by atoms with Gasteiger partial charge in [-0.1, -0.05) is 0 Å². The van der Waals surface area contributed by atoms with Gasteiger partial charge in [0.1, 0.15) is 5.01 Å². The Bertz CT molecular complexity index is 357. The zero-order valence-electron chi connectivity index (χ0n) is 10.9. The van der Waals surface area contributed by atoms with E-state index in [2.05, 4.69) is 21.5 Å². The summed E-state index contributed by atoms with van der Waals surface area (Å²) in [5.74, 6) is -0.140. The summed E-state index contributed by atoms with van der Waals surface area (Å²) in [5, 5.41) is 1.14. The van der Waals surface area contributed by atoms with Crippen molar-refractivity contribution in [2.24, 2.45) is 0 Å². The summed E-state index contributed by atoms with van der Waals surface area (Å²) in [7, 11) is 3.47. The molecule has 0 N–H and O–H groups in total. The van der Waals surface area contributed by atoms with Crippen molar-refractivity contribution >= 4 is 17.3 Å². The maximum atomic E-state index is 10.9. The van der Waals surface area contributed by atoms with E-state index in [0.717, 1.165) is 30.2 Å². The van der Waals surface area contributed by atoms with E-state index in [-0.39, 0.29) is 5.97 Å². The molecule has 0 aliphatic heterocycles. The Kier molecular flexibility index (Phi) is 5.58. The molecule has 0 radical (unpaired) electrons. The van der Waals surface area contributed by atoms with Gasteiger partial charge in [-0.2, -0.15) is 0 Å². The van der Waals surface area contributed by atoms with Crippen molar-refractivity contribution < 1.29 is 9.53 Å². The average molecular weight is 256 g/mol. The number of aryl methyl sites for hydroxylation is 2. The third-order valence-corrected chi connectivity index (χ3v) is 3.68. The maximum Gasteiger partial charge on any atom is 0.305 e. The molecule has 0 aliphatic carbocycles. The molecule has 0 amide bonds. The number of nitrogens with zero attached hydrogens (tertiary/aromatic N) is 2. The van der Waals surface area contributed by atoms with Gasteiger partial charge in [0.25, 0.3) is 0 Å². The van der Waals surface area contributed by atoms with E-state index >= 15 is 0 Å². The molecule has 0 fully saturated rings. The van der Waals surface area contributed by atoms with E-state index < -0.39 is 0 Å². The minimum atomic E-state index is -0.140. The van der Waals surface area contributed by atoms with Crippen molar-refractivity contribution in [3.05, 3.63) is 15.6 Å². The Labute approximate surface area is 107 Å². The van der Waals surface area contributed by atoms with Crippen molar-refractivity contribution in [3.63, 3.8) is 0 Å². The molecule has 0 unspecified atom stereocenters. The number of carbonyl (C=O) groups excluding carboxylic acids is 1. The topological polar surface area (TPSA) is 42.4 Å². The van der Waals surface area contributed by atoms with Crippen molar-refractivity contribution in [2.45, 2.75) is 33.2 Å². The average Bonchev–Trinajstić information content (AvgIpc) is 2.57. The molecule has 0 saturated carbocycles. The van der Waals surface area contributed by atoms with Crippen LogP contribution in [-0.2, 0) is 16.1 Å². The number of methoxy groups -OCH3 is 1. The van der Waals surface area contributed by atoms with Crippen molar-refractivity contribution in [3.8, 4) is 0 Å². The number of esters is 1. The molecule has 1 aromatic rings. The predicted molar refractivity (Wildman–Crippen MR) is 69.2 cm³/mol. The number of hydrogen-bond acceptors (Lipinski definition) is 5. The number of aromatic nitrogens is 1. The van der Waals surface area contributed by atoms with Crippen LogP contribution >= 0.6 is 11.3 Å². The van der Waals surface area contributed by atoms with Gasteiger partial charge < -0.3 is 4.74 Å². The molecule has 0 saturated heterocycles. The summed E-state index contributed by atoms with van der Waals surface area (Å²) in [6, 6.07) is 0. The van der Waals surface area contributed by atoms with Crippen LogP contribution in [0.1, 0.15) is 28.4 Å². The lowest BCUT2D eigenvalue weighted by molar-refractivity contribution is -0.140. The number of thiazole rings is 1. The number of ether oxygens (including phenoxy) is 1. The van der Waals surface area contributed by atoms with Gasteiger partial charge in [-0.05, 0) is 33.9 Å². The molecule has 1 aromatic heterocycles. The van der Waals surface area contributed by atoms with Crippen molar-refractivity contribution in [1.82, 2.24) is 9.88 Å². The second-order valence-corrected chi connectivity index (χ2v) is 5.45. The largest absolute Gasteiger partial charge is 0.469 e. The summed E-state index contributed by atoms with van der Waals surface area (Å²) < 4.78 is 4.60. The molecule has 96 valence electrons. The third kappa shape index (κ3) is 4.83. The minimum absolute atomic E-state index is 0.140. The first-order valence-corrected chi connectivity index (χ1v) is 6.53. The van der Waals surface area contributed by atoms with Crippen LogP contribution in [0.4, 0.5) is 0 Å². The fraction of sp³-hybridized carbons (Fsp3) is 0.667. The second-order valence-electron chi connectivity index (χ2n) is 4.17. The van der Waals surface area contributed by atoms with E-state index in [4.69, 9.17) is 0 Å². The first-order chi connectivity index (χ1) is 8.02. The highest BCUT2D eigenvalue weighted by atomic mass is 32.1. The van der Waals surface area contributed by atoms with Gasteiger partial charge in [0.15, 0.2) is 0 Å². The summed E-state index contributed by atoms with van der Waals surface area (Å²) in [4.78, 5) is 18.9. The molecule has 4 nitrogen and oxygen atoms in total. The van der Waals surface area contributed by atoms with Crippen LogP contribution in [0.15, 0.2) is 0 Å². The highest BCUT2D eigenvalue weighted by Crippen LogP contribution is 2.17. The third-order valence-electron chi connectivity index (χ3n) is 2.63. The molecule has 0 atom stereocenters. The number of hydrogen-bond donors (Lipinski definition) is 0. The summed E-state index contributed by atoms with van der Waals surface area (Å²) in [5.41, 5.74) is 1.12. The first kappa shape index (κ1) is 14.1. The lowest BCUT2D eigenvalue weighted by atomic mass is 10.3. The summed E-state index contributed by atoms with van der Waals surface area (Å²) in [6.45, 7) is 5.85. The molecular weight excluding hydrogens is 236 g/mol. The van der Waals surface area contributed by atoms with Crippen molar-refractivity contribution in [1.29, 1.82) is 0 Å². The fourth-order valence-electron chi connectivity index (χ4n) is 1.51. The van der Waals surface area contributed by atoms with Crippen LogP contribution in [0.2, 0.25) is 0 Å². The Hall–Kier alpha value is -0.940. The van der Waals surface area contributed by atoms with Crippen LogP contribution in [0.5, 0.6) is 0 Å². The molecule has 0 spiro atoms. The SMILES string of the molecule is COC(=O)CCCN(C)Cc1nc(C)c(C)s1. The highest BCUT2D eigenvalue weighted by molar-refractivity contribution is 7.11. The molecule has 1 heterocycles. The smallest absolute Gasteiger partial charge is 0.305 e. The maximum absolute atomic E-state index is 10.9. The van der Waals surface area contributed by atoms with E-state index in [1.165, 1.54) is 12.0 Å². The number of rotatable bonds is 6. The lowest BCUT2D eigenvalue weighted by Gasteiger charge is -2.14. The monoisotopic (exact) mass is 256 g/mol.